The molecule has 2 aromatic rings. The van der Waals surface area contributed by atoms with Crippen LogP contribution in [-0.4, -0.2) is 29.6 Å². The van der Waals surface area contributed by atoms with E-state index in [1.165, 1.54) is 0 Å². The van der Waals surface area contributed by atoms with Crippen LogP contribution < -0.4 is 4.74 Å². The molecule has 0 unspecified atom stereocenters. The summed E-state index contributed by atoms with van der Waals surface area (Å²) in [5.41, 5.74) is 1.47. The number of benzene rings is 1. The number of aromatic nitrogens is 1. The van der Waals surface area contributed by atoms with Gasteiger partial charge in [0.05, 0.1) is 13.2 Å². The van der Waals surface area contributed by atoms with Crippen molar-refractivity contribution in [2.75, 3.05) is 13.7 Å². The highest BCUT2D eigenvalue weighted by Crippen LogP contribution is 2.34. The third-order valence-corrected chi connectivity index (χ3v) is 3.84. The summed E-state index contributed by atoms with van der Waals surface area (Å²) in [4.78, 5) is 14.4. The van der Waals surface area contributed by atoms with Gasteiger partial charge in [0, 0.05) is 12.6 Å². The van der Waals surface area contributed by atoms with E-state index in [4.69, 9.17) is 9.26 Å². The van der Waals surface area contributed by atoms with Crippen molar-refractivity contribution in [1.82, 2.24) is 10.1 Å². The normalized spacial score (nSPS) is 18.0. The van der Waals surface area contributed by atoms with E-state index in [-0.39, 0.29) is 11.9 Å². The molecule has 0 N–H and O–H groups in total. The van der Waals surface area contributed by atoms with E-state index < -0.39 is 0 Å². The van der Waals surface area contributed by atoms with Crippen molar-refractivity contribution in [3.63, 3.8) is 0 Å². The van der Waals surface area contributed by atoms with E-state index in [1.807, 2.05) is 29.2 Å². The molecule has 1 saturated heterocycles. The summed E-state index contributed by atoms with van der Waals surface area (Å²) >= 11 is 0. The minimum absolute atomic E-state index is 0.0721. The highest BCUT2D eigenvalue weighted by atomic mass is 16.5. The Morgan fingerprint density at radius 2 is 2.29 bits per heavy atom. The first-order valence-corrected chi connectivity index (χ1v) is 7.07. The van der Waals surface area contributed by atoms with Crippen LogP contribution in [0.3, 0.4) is 0 Å². The van der Waals surface area contributed by atoms with Gasteiger partial charge in [-0.2, -0.15) is 0 Å². The summed E-state index contributed by atoms with van der Waals surface area (Å²) in [5.74, 6) is 1.39. The van der Waals surface area contributed by atoms with Gasteiger partial charge in [0.2, 0.25) is 0 Å². The first-order chi connectivity index (χ1) is 10.2. The fourth-order valence-electron chi connectivity index (χ4n) is 2.82. The summed E-state index contributed by atoms with van der Waals surface area (Å²) in [5, 5.41) is 3.83. The number of ether oxygens (including phenoxy) is 1. The monoisotopic (exact) mass is 286 g/mol. The standard InChI is InChI=1S/C16H18N2O3/c1-11-9-14(17-21-11)16(19)18-8-4-7-15(18)12-5-3-6-13(10-12)20-2/h3,5-6,9-10,15H,4,7-8H2,1-2H3/t15-/m1/s1. The molecule has 1 atom stereocenters. The quantitative estimate of drug-likeness (QED) is 0.870. The van der Waals surface area contributed by atoms with Gasteiger partial charge < -0.3 is 14.2 Å². The van der Waals surface area contributed by atoms with Gasteiger partial charge in [0.1, 0.15) is 11.5 Å². The zero-order valence-electron chi connectivity index (χ0n) is 12.2. The summed E-state index contributed by atoms with van der Waals surface area (Å²) in [7, 11) is 1.65. The van der Waals surface area contributed by atoms with Crippen molar-refractivity contribution < 1.29 is 14.1 Å². The van der Waals surface area contributed by atoms with Crippen molar-refractivity contribution >= 4 is 5.91 Å². The second-order valence-corrected chi connectivity index (χ2v) is 5.26. The smallest absolute Gasteiger partial charge is 0.276 e. The summed E-state index contributed by atoms with van der Waals surface area (Å²) < 4.78 is 10.3. The largest absolute Gasteiger partial charge is 0.497 e. The Balaban J connectivity index is 1.86. The van der Waals surface area contributed by atoms with Crippen molar-refractivity contribution in [3.8, 4) is 5.75 Å². The molecule has 110 valence electrons. The maximum absolute atomic E-state index is 12.6. The predicted molar refractivity (Wildman–Crippen MR) is 77.2 cm³/mol. The topological polar surface area (TPSA) is 55.6 Å². The molecule has 2 heterocycles. The first kappa shape index (κ1) is 13.7. The molecule has 0 spiro atoms. The second kappa shape index (κ2) is 5.60. The lowest BCUT2D eigenvalue weighted by molar-refractivity contribution is 0.0725. The molecule has 1 aliphatic heterocycles. The molecule has 1 fully saturated rings. The van der Waals surface area contributed by atoms with Gasteiger partial charge in [-0.05, 0) is 37.5 Å². The highest BCUT2D eigenvalue weighted by Gasteiger charge is 2.32. The number of carbonyl (C=O) groups excluding carboxylic acids is 1. The van der Waals surface area contributed by atoms with Crippen molar-refractivity contribution in [2.45, 2.75) is 25.8 Å². The average molecular weight is 286 g/mol. The number of hydrogen-bond donors (Lipinski definition) is 0. The van der Waals surface area contributed by atoms with Crippen LogP contribution in [0.4, 0.5) is 0 Å². The van der Waals surface area contributed by atoms with Crippen LogP contribution in [0.2, 0.25) is 0 Å². The Kier molecular flexibility index (Phi) is 3.64. The van der Waals surface area contributed by atoms with Crippen LogP contribution in [0.1, 0.15) is 40.7 Å². The lowest BCUT2D eigenvalue weighted by Crippen LogP contribution is -2.30. The van der Waals surface area contributed by atoms with E-state index in [1.54, 1.807) is 20.1 Å². The average Bonchev–Trinajstić information content (AvgIpc) is 3.15. The fourth-order valence-corrected chi connectivity index (χ4v) is 2.82. The number of nitrogens with zero attached hydrogens (tertiary/aromatic N) is 2. The van der Waals surface area contributed by atoms with Gasteiger partial charge in [-0.1, -0.05) is 17.3 Å². The molecular formula is C16H18N2O3. The molecule has 5 heteroatoms. The minimum atomic E-state index is -0.0721. The lowest BCUT2D eigenvalue weighted by atomic mass is 10.0. The predicted octanol–water partition coefficient (Wildman–Crippen LogP) is 2.97. The third-order valence-electron chi connectivity index (χ3n) is 3.84. The van der Waals surface area contributed by atoms with Gasteiger partial charge in [-0.15, -0.1) is 0 Å². The number of carbonyl (C=O) groups is 1. The van der Waals surface area contributed by atoms with E-state index in [0.29, 0.717) is 11.5 Å². The molecule has 0 radical (unpaired) electrons. The second-order valence-electron chi connectivity index (χ2n) is 5.26. The van der Waals surface area contributed by atoms with Crippen molar-refractivity contribution in [1.29, 1.82) is 0 Å². The molecular weight excluding hydrogens is 268 g/mol. The van der Waals surface area contributed by atoms with Crippen LogP contribution in [0.5, 0.6) is 5.75 Å². The van der Waals surface area contributed by atoms with Gasteiger partial charge >= 0.3 is 0 Å². The molecule has 1 aromatic carbocycles. The Labute approximate surface area is 123 Å². The van der Waals surface area contributed by atoms with Crippen LogP contribution in [0, 0.1) is 6.92 Å². The third kappa shape index (κ3) is 2.63. The molecule has 1 amide bonds. The highest BCUT2D eigenvalue weighted by molar-refractivity contribution is 5.92. The van der Waals surface area contributed by atoms with Gasteiger partial charge in [-0.3, -0.25) is 4.79 Å². The van der Waals surface area contributed by atoms with Crippen LogP contribution in [0.25, 0.3) is 0 Å². The van der Waals surface area contributed by atoms with E-state index in [0.717, 1.165) is 30.7 Å². The Morgan fingerprint density at radius 3 is 3.00 bits per heavy atom. The van der Waals surface area contributed by atoms with E-state index in [2.05, 4.69) is 5.16 Å². The van der Waals surface area contributed by atoms with Gasteiger partial charge in [-0.25, -0.2) is 0 Å². The molecule has 5 nitrogen and oxygen atoms in total. The minimum Gasteiger partial charge on any atom is -0.497 e. The fraction of sp³-hybridized carbons (Fsp3) is 0.375. The van der Waals surface area contributed by atoms with E-state index in [9.17, 15) is 4.79 Å². The Bertz CT molecular complexity index is 650. The van der Waals surface area contributed by atoms with Crippen molar-refractivity contribution in [3.05, 3.63) is 47.3 Å². The number of amides is 1. The van der Waals surface area contributed by atoms with Crippen LogP contribution >= 0.6 is 0 Å². The first-order valence-electron chi connectivity index (χ1n) is 7.07. The summed E-state index contributed by atoms with van der Waals surface area (Å²) in [6.45, 7) is 2.53. The molecule has 1 aromatic heterocycles. The Hall–Kier alpha value is -2.30. The van der Waals surface area contributed by atoms with Crippen LogP contribution in [-0.2, 0) is 0 Å². The number of rotatable bonds is 3. The zero-order chi connectivity index (χ0) is 14.8. The number of aryl methyl sites for hydroxylation is 1. The molecule has 3 rings (SSSR count). The SMILES string of the molecule is COc1cccc([C@H]2CCCN2C(=O)c2cc(C)on2)c1. The zero-order valence-corrected chi connectivity index (χ0v) is 12.2. The maximum atomic E-state index is 12.6. The number of methoxy groups -OCH3 is 1. The summed E-state index contributed by atoms with van der Waals surface area (Å²) in [6.07, 6.45) is 1.94. The molecule has 0 saturated carbocycles. The Morgan fingerprint density at radius 1 is 1.43 bits per heavy atom. The number of hydrogen-bond acceptors (Lipinski definition) is 4. The van der Waals surface area contributed by atoms with E-state index >= 15 is 0 Å². The maximum Gasteiger partial charge on any atom is 0.276 e. The van der Waals surface area contributed by atoms with Gasteiger partial charge in [0.25, 0.3) is 5.91 Å². The summed E-state index contributed by atoms with van der Waals surface area (Å²) in [6, 6.07) is 9.64. The van der Waals surface area contributed by atoms with Gasteiger partial charge in [0.15, 0.2) is 5.69 Å². The van der Waals surface area contributed by atoms with Crippen LogP contribution in [0.15, 0.2) is 34.9 Å². The molecule has 21 heavy (non-hydrogen) atoms. The van der Waals surface area contributed by atoms with Crippen molar-refractivity contribution in [2.24, 2.45) is 0 Å². The lowest BCUT2D eigenvalue weighted by Gasteiger charge is -2.24. The molecule has 0 aliphatic carbocycles. The molecule has 1 aliphatic rings. The molecule has 0 bridgehead atoms. The number of likely N-dealkylation sites (tertiary alicyclic amines) is 1.